The van der Waals surface area contributed by atoms with Crippen LogP contribution in [0, 0.1) is 0 Å². The van der Waals surface area contributed by atoms with Crippen LogP contribution >= 0.6 is 0 Å². The first-order valence-corrected chi connectivity index (χ1v) is 10.6. The van der Waals surface area contributed by atoms with E-state index in [0.717, 1.165) is 12.0 Å². The first-order chi connectivity index (χ1) is 13.9. The molecular weight excluding hydrogens is 388 g/mol. The van der Waals surface area contributed by atoms with Crippen LogP contribution in [0.3, 0.4) is 0 Å². The van der Waals surface area contributed by atoms with Gasteiger partial charge in [0.2, 0.25) is 10.0 Å². The molecule has 3 rings (SSSR count). The Bertz CT molecular complexity index is 1050. The van der Waals surface area contributed by atoms with Crippen LogP contribution in [0.4, 0.5) is 0 Å². The Morgan fingerprint density at radius 2 is 1.52 bits per heavy atom. The maximum Gasteiger partial charge on any atom is 0.251 e. The third kappa shape index (κ3) is 6.17. The molecule has 3 aromatic rings. The SMILES string of the molecule is NS(=O)(=O)c1ccc(CNC(=O)c2ccc(OCCc3ccccc3)cc2)cc1. The number of nitrogens with one attached hydrogen (secondary N) is 1. The van der Waals surface area contributed by atoms with Gasteiger partial charge in [-0.25, -0.2) is 13.6 Å². The summed E-state index contributed by atoms with van der Waals surface area (Å²) in [5.41, 5.74) is 2.49. The van der Waals surface area contributed by atoms with E-state index in [1.807, 2.05) is 18.2 Å². The molecule has 1 amide bonds. The number of sulfonamides is 1. The Balaban J connectivity index is 1.48. The maximum atomic E-state index is 12.3. The molecule has 150 valence electrons. The molecule has 3 aromatic carbocycles. The first-order valence-electron chi connectivity index (χ1n) is 9.08. The number of rotatable bonds is 8. The number of benzene rings is 3. The summed E-state index contributed by atoms with van der Waals surface area (Å²) < 4.78 is 28.2. The second kappa shape index (κ2) is 9.36. The quantitative estimate of drug-likeness (QED) is 0.596. The molecule has 3 N–H and O–H groups in total. The number of carbonyl (C=O) groups is 1. The molecule has 0 saturated heterocycles. The minimum Gasteiger partial charge on any atom is -0.493 e. The van der Waals surface area contributed by atoms with E-state index in [-0.39, 0.29) is 17.3 Å². The van der Waals surface area contributed by atoms with Crippen LogP contribution in [-0.4, -0.2) is 20.9 Å². The Morgan fingerprint density at radius 1 is 0.862 bits per heavy atom. The number of nitrogens with two attached hydrogens (primary N) is 1. The van der Waals surface area contributed by atoms with E-state index < -0.39 is 10.0 Å². The molecule has 29 heavy (non-hydrogen) atoms. The zero-order valence-electron chi connectivity index (χ0n) is 15.7. The minimum absolute atomic E-state index is 0.0374. The van der Waals surface area contributed by atoms with Crippen molar-refractivity contribution >= 4 is 15.9 Å². The molecule has 0 heterocycles. The highest BCUT2D eigenvalue weighted by Crippen LogP contribution is 2.14. The van der Waals surface area contributed by atoms with E-state index in [4.69, 9.17) is 9.88 Å². The number of hydrogen-bond donors (Lipinski definition) is 2. The van der Waals surface area contributed by atoms with Gasteiger partial charge in [0.15, 0.2) is 0 Å². The molecule has 6 nitrogen and oxygen atoms in total. The van der Waals surface area contributed by atoms with Gasteiger partial charge in [-0.3, -0.25) is 4.79 Å². The van der Waals surface area contributed by atoms with Gasteiger partial charge >= 0.3 is 0 Å². The highest BCUT2D eigenvalue weighted by molar-refractivity contribution is 7.89. The molecule has 0 aliphatic heterocycles. The maximum absolute atomic E-state index is 12.3. The summed E-state index contributed by atoms with van der Waals surface area (Å²) in [5, 5.41) is 7.87. The summed E-state index contributed by atoms with van der Waals surface area (Å²) in [4.78, 5) is 12.3. The molecule has 0 bridgehead atoms. The molecule has 0 unspecified atom stereocenters. The van der Waals surface area contributed by atoms with Crippen molar-refractivity contribution in [3.05, 3.63) is 95.6 Å². The van der Waals surface area contributed by atoms with Crippen molar-refractivity contribution in [3.63, 3.8) is 0 Å². The van der Waals surface area contributed by atoms with Crippen LogP contribution < -0.4 is 15.2 Å². The zero-order valence-corrected chi connectivity index (χ0v) is 16.6. The summed E-state index contributed by atoms with van der Waals surface area (Å²) in [6.45, 7) is 0.836. The van der Waals surface area contributed by atoms with Gasteiger partial charge in [0.05, 0.1) is 11.5 Å². The molecular formula is C22H22N2O4S. The third-order valence-electron chi connectivity index (χ3n) is 4.32. The molecule has 0 atom stereocenters. The molecule has 0 saturated carbocycles. The summed E-state index contributed by atoms with van der Waals surface area (Å²) in [6.07, 6.45) is 0.813. The van der Waals surface area contributed by atoms with Gasteiger partial charge in [0.1, 0.15) is 5.75 Å². The first kappa shape index (κ1) is 20.6. The molecule has 0 spiro atoms. The lowest BCUT2D eigenvalue weighted by Crippen LogP contribution is -2.22. The Morgan fingerprint density at radius 3 is 2.14 bits per heavy atom. The molecule has 0 fully saturated rings. The predicted molar refractivity (Wildman–Crippen MR) is 111 cm³/mol. The fraction of sp³-hybridized carbons (Fsp3) is 0.136. The fourth-order valence-electron chi connectivity index (χ4n) is 2.72. The van der Waals surface area contributed by atoms with Crippen molar-refractivity contribution in [1.82, 2.24) is 5.32 Å². The second-order valence-electron chi connectivity index (χ2n) is 6.48. The fourth-order valence-corrected chi connectivity index (χ4v) is 3.23. The largest absolute Gasteiger partial charge is 0.493 e. The molecule has 0 radical (unpaired) electrons. The van der Waals surface area contributed by atoms with Crippen molar-refractivity contribution in [3.8, 4) is 5.75 Å². The monoisotopic (exact) mass is 410 g/mol. The van der Waals surface area contributed by atoms with E-state index in [0.29, 0.717) is 17.9 Å². The van der Waals surface area contributed by atoms with Crippen LogP contribution in [0.25, 0.3) is 0 Å². The standard InChI is InChI=1S/C22H22N2O4S/c23-29(26,27)21-12-6-18(7-13-21)16-24-22(25)19-8-10-20(11-9-19)28-15-14-17-4-2-1-3-5-17/h1-13H,14-16H2,(H,24,25)(H2,23,26,27). The van der Waals surface area contributed by atoms with Gasteiger partial charge in [-0.15, -0.1) is 0 Å². The number of hydrogen-bond acceptors (Lipinski definition) is 4. The van der Waals surface area contributed by atoms with Crippen LogP contribution in [0.5, 0.6) is 5.75 Å². The van der Waals surface area contributed by atoms with E-state index in [1.54, 1.807) is 36.4 Å². The smallest absolute Gasteiger partial charge is 0.251 e. The van der Waals surface area contributed by atoms with E-state index >= 15 is 0 Å². The Kier molecular flexibility index (Phi) is 6.64. The van der Waals surface area contributed by atoms with Crippen molar-refractivity contribution in [2.75, 3.05) is 6.61 Å². The van der Waals surface area contributed by atoms with Gasteiger partial charge in [-0.05, 0) is 47.5 Å². The van der Waals surface area contributed by atoms with E-state index in [1.165, 1.54) is 17.7 Å². The summed E-state index contributed by atoms with van der Waals surface area (Å²) in [7, 11) is -3.72. The van der Waals surface area contributed by atoms with E-state index in [9.17, 15) is 13.2 Å². The highest BCUT2D eigenvalue weighted by Gasteiger charge is 2.08. The lowest BCUT2D eigenvalue weighted by atomic mass is 10.1. The summed E-state index contributed by atoms with van der Waals surface area (Å²) in [6, 6.07) is 23.1. The van der Waals surface area contributed by atoms with Crippen LogP contribution in [-0.2, 0) is 23.0 Å². The van der Waals surface area contributed by atoms with Crippen LogP contribution in [0.2, 0.25) is 0 Å². The van der Waals surface area contributed by atoms with E-state index in [2.05, 4.69) is 17.4 Å². The van der Waals surface area contributed by atoms with Gasteiger partial charge in [0.25, 0.3) is 5.91 Å². The van der Waals surface area contributed by atoms with Crippen LogP contribution in [0.15, 0.2) is 83.8 Å². The summed E-state index contributed by atoms with van der Waals surface area (Å²) in [5.74, 6) is 0.479. The van der Waals surface area contributed by atoms with Gasteiger partial charge in [-0.1, -0.05) is 42.5 Å². The number of carbonyl (C=O) groups excluding carboxylic acids is 1. The molecule has 0 aliphatic carbocycles. The minimum atomic E-state index is -3.72. The highest BCUT2D eigenvalue weighted by atomic mass is 32.2. The molecule has 0 aliphatic rings. The number of amides is 1. The predicted octanol–water partition coefficient (Wildman–Crippen LogP) is 2.89. The average Bonchev–Trinajstić information content (AvgIpc) is 2.73. The van der Waals surface area contributed by atoms with Crippen molar-refractivity contribution in [1.29, 1.82) is 0 Å². The average molecular weight is 410 g/mol. The Hall–Kier alpha value is -3.16. The van der Waals surface area contributed by atoms with Crippen molar-refractivity contribution in [2.24, 2.45) is 5.14 Å². The number of ether oxygens (including phenoxy) is 1. The summed E-state index contributed by atoms with van der Waals surface area (Å²) >= 11 is 0. The molecule has 0 aromatic heterocycles. The zero-order chi connectivity index (χ0) is 20.7. The number of primary sulfonamides is 1. The third-order valence-corrected chi connectivity index (χ3v) is 5.25. The van der Waals surface area contributed by atoms with Crippen molar-refractivity contribution < 1.29 is 17.9 Å². The Labute approximate surface area is 170 Å². The van der Waals surface area contributed by atoms with Crippen LogP contribution in [0.1, 0.15) is 21.5 Å². The normalized spacial score (nSPS) is 11.1. The second-order valence-corrected chi connectivity index (χ2v) is 8.04. The topological polar surface area (TPSA) is 98.5 Å². The van der Waals surface area contributed by atoms with Gasteiger partial charge in [-0.2, -0.15) is 0 Å². The van der Waals surface area contributed by atoms with Crippen molar-refractivity contribution in [2.45, 2.75) is 17.9 Å². The van der Waals surface area contributed by atoms with Gasteiger partial charge in [0, 0.05) is 18.5 Å². The van der Waals surface area contributed by atoms with Gasteiger partial charge < -0.3 is 10.1 Å². The molecule has 7 heteroatoms. The lowest BCUT2D eigenvalue weighted by Gasteiger charge is -2.09. The lowest BCUT2D eigenvalue weighted by molar-refractivity contribution is 0.0951.